The minimum Gasteiger partial charge on any atom is -0.489 e. The number of rotatable bonds is 1. The maximum absolute atomic E-state index is 12.8. The Kier molecular flexibility index (Phi) is 3.35. The monoisotopic (exact) mass is 288 g/mol. The average molecular weight is 288 g/mol. The molecule has 0 saturated carbocycles. The van der Waals surface area contributed by atoms with Gasteiger partial charge in [0, 0.05) is 24.6 Å². The lowest BCUT2D eigenvalue weighted by Gasteiger charge is -2.33. The molecule has 2 heterocycles. The van der Waals surface area contributed by atoms with Crippen LogP contribution in [0.2, 0.25) is 0 Å². The van der Waals surface area contributed by atoms with Gasteiger partial charge in [0.15, 0.2) is 0 Å². The zero-order valence-electron chi connectivity index (χ0n) is 12.6. The van der Waals surface area contributed by atoms with Crippen LogP contribution in [0.25, 0.3) is 0 Å². The van der Waals surface area contributed by atoms with Gasteiger partial charge in [0.05, 0.1) is 5.56 Å². The second-order valence-corrected chi connectivity index (χ2v) is 5.80. The largest absolute Gasteiger partial charge is 0.489 e. The molecular formula is C16H20N2O3. The van der Waals surface area contributed by atoms with E-state index in [9.17, 15) is 9.59 Å². The minimum atomic E-state index is -0.446. The van der Waals surface area contributed by atoms with Crippen LogP contribution in [0.5, 0.6) is 5.75 Å². The number of carbonyl (C=O) groups excluding carboxylic acids is 2. The van der Waals surface area contributed by atoms with Gasteiger partial charge < -0.3 is 15.0 Å². The highest BCUT2D eigenvalue weighted by atomic mass is 16.5. The molecule has 21 heavy (non-hydrogen) atoms. The van der Waals surface area contributed by atoms with E-state index in [1.807, 2.05) is 19.1 Å². The summed E-state index contributed by atoms with van der Waals surface area (Å²) in [5, 5.41) is 2.77. The fraction of sp³-hybridized carbons (Fsp3) is 0.500. The predicted molar refractivity (Wildman–Crippen MR) is 78.5 cm³/mol. The van der Waals surface area contributed by atoms with Crippen molar-refractivity contribution in [1.29, 1.82) is 0 Å². The van der Waals surface area contributed by atoms with Crippen LogP contribution in [0, 0.1) is 0 Å². The lowest BCUT2D eigenvalue weighted by atomic mass is 9.96. The summed E-state index contributed by atoms with van der Waals surface area (Å²) in [6, 6.07) is 5.23. The fourth-order valence-electron chi connectivity index (χ4n) is 2.97. The SMILES string of the molecule is CC1Oc2c(C(=O)N3CCNC(=O)C3C)cccc2C1C. The van der Waals surface area contributed by atoms with Gasteiger partial charge in [-0.25, -0.2) is 0 Å². The van der Waals surface area contributed by atoms with E-state index in [0.29, 0.717) is 24.4 Å². The number of benzene rings is 1. The maximum atomic E-state index is 12.8. The third kappa shape index (κ3) is 2.17. The smallest absolute Gasteiger partial charge is 0.258 e. The number of ether oxygens (including phenoxy) is 1. The molecule has 1 saturated heterocycles. The van der Waals surface area contributed by atoms with Crippen molar-refractivity contribution in [3.05, 3.63) is 29.3 Å². The van der Waals surface area contributed by atoms with E-state index in [2.05, 4.69) is 12.2 Å². The Balaban J connectivity index is 1.95. The van der Waals surface area contributed by atoms with Crippen LogP contribution >= 0.6 is 0 Å². The first-order chi connectivity index (χ1) is 10.0. The Morgan fingerprint density at radius 3 is 2.86 bits per heavy atom. The molecule has 0 aromatic heterocycles. The summed E-state index contributed by atoms with van der Waals surface area (Å²) < 4.78 is 5.88. The van der Waals surface area contributed by atoms with Gasteiger partial charge in [0.1, 0.15) is 17.9 Å². The Morgan fingerprint density at radius 1 is 1.33 bits per heavy atom. The molecule has 2 amide bonds. The Hall–Kier alpha value is -2.04. The summed E-state index contributed by atoms with van der Waals surface area (Å²) in [5.74, 6) is 0.718. The van der Waals surface area contributed by atoms with Gasteiger partial charge in [-0.05, 0) is 19.9 Å². The molecule has 0 aliphatic carbocycles. The van der Waals surface area contributed by atoms with E-state index < -0.39 is 6.04 Å². The van der Waals surface area contributed by atoms with Crippen LogP contribution in [0.4, 0.5) is 0 Å². The second kappa shape index (κ2) is 5.06. The highest BCUT2D eigenvalue weighted by Crippen LogP contribution is 2.40. The molecule has 112 valence electrons. The van der Waals surface area contributed by atoms with Gasteiger partial charge in [0.2, 0.25) is 5.91 Å². The highest BCUT2D eigenvalue weighted by molar-refractivity contribution is 6.00. The second-order valence-electron chi connectivity index (χ2n) is 5.80. The lowest BCUT2D eigenvalue weighted by molar-refractivity contribution is -0.127. The van der Waals surface area contributed by atoms with Crippen LogP contribution < -0.4 is 10.1 Å². The first kappa shape index (κ1) is 13.9. The van der Waals surface area contributed by atoms with Crippen molar-refractivity contribution in [2.24, 2.45) is 0 Å². The Labute approximate surface area is 124 Å². The van der Waals surface area contributed by atoms with Crippen LogP contribution in [-0.4, -0.2) is 41.9 Å². The molecule has 1 aromatic rings. The summed E-state index contributed by atoms with van der Waals surface area (Å²) in [6.45, 7) is 6.89. The van der Waals surface area contributed by atoms with Crippen LogP contribution in [0.1, 0.15) is 42.6 Å². The van der Waals surface area contributed by atoms with Crippen molar-refractivity contribution in [2.45, 2.75) is 38.8 Å². The molecule has 1 fully saturated rings. The van der Waals surface area contributed by atoms with Crippen molar-refractivity contribution >= 4 is 11.8 Å². The van der Waals surface area contributed by atoms with Gasteiger partial charge in [0.25, 0.3) is 5.91 Å². The van der Waals surface area contributed by atoms with E-state index in [1.165, 1.54) is 0 Å². The van der Waals surface area contributed by atoms with Gasteiger partial charge in [-0.15, -0.1) is 0 Å². The molecule has 3 atom stereocenters. The summed E-state index contributed by atoms with van der Waals surface area (Å²) >= 11 is 0. The number of nitrogens with zero attached hydrogens (tertiary/aromatic N) is 1. The molecule has 0 radical (unpaired) electrons. The molecule has 5 nitrogen and oxygen atoms in total. The molecule has 3 rings (SSSR count). The molecule has 0 bridgehead atoms. The van der Waals surface area contributed by atoms with Crippen molar-refractivity contribution in [3.63, 3.8) is 0 Å². The third-order valence-corrected chi connectivity index (χ3v) is 4.53. The van der Waals surface area contributed by atoms with Crippen LogP contribution in [0.15, 0.2) is 18.2 Å². The molecule has 1 aromatic carbocycles. The van der Waals surface area contributed by atoms with Gasteiger partial charge in [-0.3, -0.25) is 9.59 Å². The number of amides is 2. The van der Waals surface area contributed by atoms with E-state index in [1.54, 1.807) is 17.9 Å². The molecule has 1 N–H and O–H groups in total. The topological polar surface area (TPSA) is 58.6 Å². The summed E-state index contributed by atoms with van der Waals surface area (Å²) in [4.78, 5) is 26.2. The van der Waals surface area contributed by atoms with Crippen LogP contribution in [0.3, 0.4) is 0 Å². The Morgan fingerprint density at radius 2 is 2.10 bits per heavy atom. The van der Waals surface area contributed by atoms with Crippen molar-refractivity contribution in [1.82, 2.24) is 10.2 Å². The van der Waals surface area contributed by atoms with Crippen LogP contribution in [-0.2, 0) is 4.79 Å². The molecule has 3 unspecified atom stereocenters. The quantitative estimate of drug-likeness (QED) is 0.852. The lowest BCUT2D eigenvalue weighted by Crippen LogP contribution is -2.55. The van der Waals surface area contributed by atoms with E-state index in [-0.39, 0.29) is 23.8 Å². The minimum absolute atomic E-state index is 0.0658. The fourth-order valence-corrected chi connectivity index (χ4v) is 2.97. The first-order valence-electron chi connectivity index (χ1n) is 7.39. The summed E-state index contributed by atoms with van der Waals surface area (Å²) in [5.41, 5.74) is 1.63. The van der Waals surface area contributed by atoms with E-state index >= 15 is 0 Å². The zero-order valence-corrected chi connectivity index (χ0v) is 12.6. The molecule has 2 aliphatic heterocycles. The van der Waals surface area contributed by atoms with Gasteiger partial charge >= 0.3 is 0 Å². The standard InChI is InChI=1S/C16H20N2O3/c1-9-11(3)21-14-12(9)5-4-6-13(14)16(20)18-8-7-17-15(19)10(18)2/h4-6,9-11H,7-8H2,1-3H3,(H,17,19). The Bertz CT molecular complexity index is 599. The van der Waals surface area contributed by atoms with E-state index in [4.69, 9.17) is 4.74 Å². The average Bonchev–Trinajstić information content (AvgIpc) is 2.77. The third-order valence-electron chi connectivity index (χ3n) is 4.53. The number of hydrogen-bond acceptors (Lipinski definition) is 3. The summed E-state index contributed by atoms with van der Waals surface area (Å²) in [6.07, 6.45) is 0.0658. The van der Waals surface area contributed by atoms with Crippen molar-refractivity contribution < 1.29 is 14.3 Å². The van der Waals surface area contributed by atoms with E-state index in [0.717, 1.165) is 5.56 Å². The zero-order chi connectivity index (χ0) is 15.1. The number of nitrogens with one attached hydrogen (secondary N) is 1. The first-order valence-corrected chi connectivity index (χ1v) is 7.39. The maximum Gasteiger partial charge on any atom is 0.258 e. The molecule has 0 spiro atoms. The van der Waals surface area contributed by atoms with Gasteiger partial charge in [-0.1, -0.05) is 19.1 Å². The molecule has 5 heteroatoms. The number of hydrogen-bond donors (Lipinski definition) is 1. The number of carbonyl (C=O) groups is 2. The number of fused-ring (bicyclic) bond motifs is 1. The number of piperazine rings is 1. The summed E-state index contributed by atoms with van der Waals surface area (Å²) in [7, 11) is 0. The van der Waals surface area contributed by atoms with Crippen molar-refractivity contribution in [2.75, 3.05) is 13.1 Å². The number of para-hydroxylation sites is 1. The molecular weight excluding hydrogens is 268 g/mol. The molecule has 2 aliphatic rings. The predicted octanol–water partition coefficient (Wildman–Crippen LogP) is 1.53. The highest BCUT2D eigenvalue weighted by Gasteiger charge is 2.35. The van der Waals surface area contributed by atoms with Crippen molar-refractivity contribution in [3.8, 4) is 5.75 Å². The normalized spacial score (nSPS) is 27.9. The van der Waals surface area contributed by atoms with Gasteiger partial charge in [-0.2, -0.15) is 0 Å².